The van der Waals surface area contributed by atoms with Gasteiger partial charge in [-0.15, -0.1) is 0 Å². The number of rotatable bonds is 6. The molecule has 0 aliphatic carbocycles. The number of sulfone groups is 1. The number of anilines is 1. The van der Waals surface area contributed by atoms with E-state index < -0.39 is 15.9 Å². The van der Waals surface area contributed by atoms with Crippen LogP contribution in [-0.2, 0) is 26.8 Å². The first-order chi connectivity index (χ1) is 15.3. The molecule has 0 saturated carbocycles. The molecule has 1 aliphatic heterocycles. The summed E-state index contributed by atoms with van der Waals surface area (Å²) in [6, 6.07) is 14.7. The summed E-state index contributed by atoms with van der Waals surface area (Å²) in [7, 11) is -3.14. The van der Waals surface area contributed by atoms with Crippen LogP contribution in [-0.4, -0.2) is 67.7 Å². The fraction of sp³-hybridized carbons (Fsp3) is 0.348. The third-order valence-corrected chi connectivity index (χ3v) is 6.47. The Balaban J connectivity index is 1.45. The van der Waals surface area contributed by atoms with Gasteiger partial charge in [-0.1, -0.05) is 36.4 Å². The van der Waals surface area contributed by atoms with Gasteiger partial charge in [-0.25, -0.2) is 18.4 Å². The van der Waals surface area contributed by atoms with Crippen LogP contribution in [0, 0.1) is 0 Å². The van der Waals surface area contributed by atoms with Crippen LogP contribution in [0.3, 0.4) is 0 Å². The quantitative estimate of drug-likeness (QED) is 0.601. The molecule has 8 nitrogen and oxygen atoms in total. The molecular formula is C23H27N5O3S. The van der Waals surface area contributed by atoms with Crippen molar-refractivity contribution in [1.82, 2.24) is 14.9 Å². The molecule has 3 aromatic rings. The normalized spacial score (nSPS) is 15.7. The van der Waals surface area contributed by atoms with E-state index in [0.717, 1.165) is 22.3 Å². The topological polar surface area (TPSA) is 109 Å². The van der Waals surface area contributed by atoms with Crippen molar-refractivity contribution < 1.29 is 13.2 Å². The smallest absolute Gasteiger partial charge is 0.239 e. The predicted octanol–water partition coefficient (Wildman–Crippen LogP) is 1.39. The van der Waals surface area contributed by atoms with E-state index in [9.17, 15) is 13.2 Å². The lowest BCUT2D eigenvalue weighted by atomic mass is 10.1. The summed E-state index contributed by atoms with van der Waals surface area (Å²) in [6.07, 6.45) is 3.25. The third-order valence-electron chi connectivity index (χ3n) is 5.61. The Morgan fingerprint density at radius 3 is 2.44 bits per heavy atom. The summed E-state index contributed by atoms with van der Waals surface area (Å²) >= 11 is 0. The van der Waals surface area contributed by atoms with E-state index in [2.05, 4.69) is 14.9 Å². The van der Waals surface area contributed by atoms with Crippen molar-refractivity contribution in [1.29, 1.82) is 0 Å². The number of fused-ring (bicyclic) bond motifs is 1. The molecule has 2 heterocycles. The molecule has 168 valence electrons. The molecule has 4 rings (SSSR count). The van der Waals surface area contributed by atoms with E-state index in [1.54, 1.807) is 6.07 Å². The molecule has 1 aliphatic rings. The number of nitrogens with two attached hydrogens (primary N) is 1. The average Bonchev–Trinajstić information content (AvgIpc) is 2.78. The molecule has 9 heteroatoms. The van der Waals surface area contributed by atoms with Crippen molar-refractivity contribution >= 4 is 32.5 Å². The number of amides is 1. The third kappa shape index (κ3) is 5.23. The minimum absolute atomic E-state index is 0.0289. The first-order valence-corrected chi connectivity index (χ1v) is 12.6. The van der Waals surface area contributed by atoms with Gasteiger partial charge in [0.2, 0.25) is 5.91 Å². The maximum atomic E-state index is 12.8. The van der Waals surface area contributed by atoms with Crippen molar-refractivity contribution in [2.75, 3.05) is 37.3 Å². The van der Waals surface area contributed by atoms with Crippen LogP contribution in [0.4, 0.5) is 5.82 Å². The minimum Gasteiger partial charge on any atom is -0.352 e. The molecular weight excluding hydrogens is 426 g/mol. The molecule has 1 fully saturated rings. The van der Waals surface area contributed by atoms with Gasteiger partial charge in [-0.3, -0.25) is 4.79 Å². The monoisotopic (exact) mass is 453 g/mol. The van der Waals surface area contributed by atoms with Crippen LogP contribution in [0.5, 0.6) is 0 Å². The minimum atomic E-state index is -3.14. The number of piperazine rings is 1. The van der Waals surface area contributed by atoms with Gasteiger partial charge in [0.05, 0.1) is 17.3 Å². The Bertz CT molecular complexity index is 1210. The average molecular weight is 454 g/mol. The first-order valence-electron chi connectivity index (χ1n) is 10.5. The molecule has 0 spiro atoms. The Hall–Kier alpha value is -3.04. The van der Waals surface area contributed by atoms with E-state index in [1.165, 1.54) is 12.6 Å². The number of carbonyl (C=O) groups is 1. The van der Waals surface area contributed by atoms with Gasteiger partial charge in [0.1, 0.15) is 12.1 Å². The van der Waals surface area contributed by atoms with Crippen LogP contribution in [0.1, 0.15) is 11.1 Å². The van der Waals surface area contributed by atoms with Crippen LogP contribution in [0.25, 0.3) is 10.9 Å². The van der Waals surface area contributed by atoms with Gasteiger partial charge in [0.15, 0.2) is 9.84 Å². The van der Waals surface area contributed by atoms with E-state index in [-0.39, 0.29) is 11.7 Å². The van der Waals surface area contributed by atoms with Gasteiger partial charge >= 0.3 is 0 Å². The number of benzene rings is 2. The number of aromatic nitrogens is 2. The van der Waals surface area contributed by atoms with Crippen molar-refractivity contribution in [3.8, 4) is 0 Å². The zero-order valence-electron chi connectivity index (χ0n) is 18.0. The maximum absolute atomic E-state index is 12.8. The largest absolute Gasteiger partial charge is 0.352 e. The molecule has 1 atom stereocenters. The molecule has 2 aromatic carbocycles. The standard InChI is InChI=1S/C23H27N5O3S/c1-32(30,31)15-18-7-8-21-19(13-18)22(26-16-25-21)27-9-11-28(12-10-27)23(29)20(24)14-17-5-3-2-4-6-17/h2-8,13,16,20H,9-12,14-15,24H2,1H3/t20-/m1/s1. The lowest BCUT2D eigenvalue weighted by molar-refractivity contribution is -0.132. The maximum Gasteiger partial charge on any atom is 0.239 e. The van der Waals surface area contributed by atoms with Gasteiger partial charge in [0, 0.05) is 37.8 Å². The first kappa shape index (κ1) is 22.2. The van der Waals surface area contributed by atoms with E-state index in [0.29, 0.717) is 38.2 Å². The number of carbonyl (C=O) groups excluding carboxylic acids is 1. The molecule has 2 N–H and O–H groups in total. The SMILES string of the molecule is CS(=O)(=O)Cc1ccc2ncnc(N3CCN(C(=O)[C@H](N)Cc4ccccc4)CC3)c2c1. The number of nitrogens with zero attached hydrogens (tertiary/aromatic N) is 4. The lowest BCUT2D eigenvalue weighted by Crippen LogP contribution is -2.53. The van der Waals surface area contributed by atoms with Gasteiger partial charge in [-0.2, -0.15) is 0 Å². The highest BCUT2D eigenvalue weighted by Crippen LogP contribution is 2.26. The summed E-state index contributed by atoms with van der Waals surface area (Å²) < 4.78 is 23.4. The highest BCUT2D eigenvalue weighted by atomic mass is 32.2. The second-order valence-corrected chi connectivity index (χ2v) is 10.4. The van der Waals surface area contributed by atoms with Crippen LogP contribution < -0.4 is 10.6 Å². The lowest BCUT2D eigenvalue weighted by Gasteiger charge is -2.36. The summed E-state index contributed by atoms with van der Waals surface area (Å²) in [5.41, 5.74) is 8.70. The molecule has 0 radical (unpaired) electrons. The molecule has 1 amide bonds. The van der Waals surface area contributed by atoms with Crippen molar-refractivity contribution in [2.24, 2.45) is 5.73 Å². The molecule has 1 aromatic heterocycles. The fourth-order valence-corrected chi connectivity index (χ4v) is 4.85. The zero-order valence-corrected chi connectivity index (χ0v) is 18.8. The Kier molecular flexibility index (Phi) is 6.38. The summed E-state index contributed by atoms with van der Waals surface area (Å²) in [6.45, 7) is 2.34. The number of hydrogen-bond acceptors (Lipinski definition) is 7. The molecule has 0 unspecified atom stereocenters. The Morgan fingerprint density at radius 2 is 1.75 bits per heavy atom. The highest BCUT2D eigenvalue weighted by molar-refractivity contribution is 7.89. The molecule has 32 heavy (non-hydrogen) atoms. The van der Waals surface area contributed by atoms with E-state index in [4.69, 9.17) is 5.73 Å². The summed E-state index contributed by atoms with van der Waals surface area (Å²) in [4.78, 5) is 25.5. The second-order valence-electron chi connectivity index (χ2n) is 8.23. The zero-order chi connectivity index (χ0) is 22.7. The van der Waals surface area contributed by atoms with Crippen molar-refractivity contribution in [3.63, 3.8) is 0 Å². The van der Waals surface area contributed by atoms with Gasteiger partial charge < -0.3 is 15.5 Å². The molecule has 1 saturated heterocycles. The second kappa shape index (κ2) is 9.22. The summed E-state index contributed by atoms with van der Waals surface area (Å²) in [5.74, 6) is 0.682. The highest BCUT2D eigenvalue weighted by Gasteiger charge is 2.26. The predicted molar refractivity (Wildman–Crippen MR) is 125 cm³/mol. The van der Waals surface area contributed by atoms with Crippen LogP contribution >= 0.6 is 0 Å². The fourth-order valence-electron chi connectivity index (χ4n) is 4.06. The van der Waals surface area contributed by atoms with Crippen LogP contribution in [0.15, 0.2) is 54.9 Å². The van der Waals surface area contributed by atoms with Gasteiger partial charge in [0.25, 0.3) is 0 Å². The summed E-state index contributed by atoms with van der Waals surface area (Å²) in [5, 5.41) is 0.814. The van der Waals surface area contributed by atoms with Gasteiger partial charge in [-0.05, 0) is 29.7 Å². The Labute approximate surface area is 188 Å². The van der Waals surface area contributed by atoms with Crippen molar-refractivity contribution in [3.05, 3.63) is 66.0 Å². The Morgan fingerprint density at radius 1 is 1.03 bits per heavy atom. The van der Waals surface area contributed by atoms with Crippen molar-refractivity contribution in [2.45, 2.75) is 18.2 Å². The molecule has 0 bridgehead atoms. The van der Waals surface area contributed by atoms with E-state index >= 15 is 0 Å². The van der Waals surface area contributed by atoms with E-state index in [1.807, 2.05) is 47.4 Å². The number of hydrogen-bond donors (Lipinski definition) is 1. The van der Waals surface area contributed by atoms with Crippen LogP contribution in [0.2, 0.25) is 0 Å².